The lowest BCUT2D eigenvalue weighted by atomic mass is 10.0. The second kappa shape index (κ2) is 5.43. The average molecular weight is 344 g/mol. The van der Waals surface area contributed by atoms with Crippen LogP contribution in [0.2, 0.25) is 15.1 Å². The summed E-state index contributed by atoms with van der Waals surface area (Å²) in [6.45, 7) is 0. The Bertz CT molecular complexity index is 642. The van der Waals surface area contributed by atoms with E-state index in [0.717, 1.165) is 12.1 Å². The molecule has 0 heterocycles. The van der Waals surface area contributed by atoms with Crippen LogP contribution in [0.3, 0.4) is 0 Å². The summed E-state index contributed by atoms with van der Waals surface area (Å²) in [5.74, 6) is -1.00. The van der Waals surface area contributed by atoms with Crippen molar-refractivity contribution >= 4 is 34.8 Å². The third-order valence-electron chi connectivity index (χ3n) is 2.54. The molecule has 0 fully saturated rings. The molecule has 0 radical (unpaired) electrons. The predicted octanol–water partition coefficient (Wildman–Crippen LogP) is 6.47. The van der Waals surface area contributed by atoms with E-state index in [1.54, 1.807) is 0 Å². The van der Waals surface area contributed by atoms with Gasteiger partial charge in [0, 0.05) is 0 Å². The zero-order valence-corrected chi connectivity index (χ0v) is 11.8. The number of alkyl halides is 3. The Kier molecular flexibility index (Phi) is 4.19. The predicted molar refractivity (Wildman–Crippen MR) is 71.9 cm³/mol. The Morgan fingerprint density at radius 1 is 0.750 bits per heavy atom. The van der Waals surface area contributed by atoms with Crippen molar-refractivity contribution in [1.29, 1.82) is 0 Å². The fourth-order valence-corrected chi connectivity index (χ4v) is 2.24. The number of hydrogen-bond donors (Lipinski definition) is 0. The molecule has 0 bridgehead atoms. The highest BCUT2D eigenvalue weighted by Crippen LogP contribution is 2.37. The maximum atomic E-state index is 13.3. The maximum absolute atomic E-state index is 13.3. The monoisotopic (exact) mass is 342 g/mol. The van der Waals surface area contributed by atoms with Crippen molar-refractivity contribution < 1.29 is 17.6 Å². The van der Waals surface area contributed by atoms with Crippen molar-refractivity contribution in [3.8, 4) is 11.1 Å². The second-order valence-corrected chi connectivity index (χ2v) is 5.17. The van der Waals surface area contributed by atoms with Gasteiger partial charge >= 0.3 is 6.18 Å². The summed E-state index contributed by atoms with van der Waals surface area (Å²) >= 11 is 17.4. The number of hydrogen-bond acceptors (Lipinski definition) is 0. The highest BCUT2D eigenvalue weighted by atomic mass is 35.5. The van der Waals surface area contributed by atoms with Crippen LogP contribution >= 0.6 is 34.8 Å². The standard InChI is InChI=1S/C13H5Cl3F4/c14-10-3-7(4-11(15)12(10)16)6-1-8(13(18,19)20)5-9(17)2-6/h1-5H. The first-order valence-corrected chi connectivity index (χ1v) is 6.34. The van der Waals surface area contributed by atoms with Gasteiger partial charge in [-0.2, -0.15) is 13.2 Å². The number of rotatable bonds is 1. The van der Waals surface area contributed by atoms with Gasteiger partial charge in [-0.25, -0.2) is 4.39 Å². The van der Waals surface area contributed by atoms with Crippen LogP contribution in [0.25, 0.3) is 11.1 Å². The molecule has 2 aromatic carbocycles. The molecule has 0 nitrogen and oxygen atoms in total. The summed E-state index contributed by atoms with van der Waals surface area (Å²) in [4.78, 5) is 0. The largest absolute Gasteiger partial charge is 0.416 e. The molecule has 0 saturated heterocycles. The molecule has 0 aromatic heterocycles. The fraction of sp³-hybridized carbons (Fsp3) is 0.0769. The molecular formula is C13H5Cl3F4. The van der Waals surface area contributed by atoms with E-state index in [2.05, 4.69) is 0 Å². The van der Waals surface area contributed by atoms with Crippen molar-refractivity contribution in [3.05, 3.63) is 56.8 Å². The minimum absolute atomic E-state index is 0.0118. The molecule has 0 aliphatic rings. The van der Waals surface area contributed by atoms with E-state index in [0.29, 0.717) is 6.07 Å². The summed E-state index contributed by atoms with van der Waals surface area (Å²) in [7, 11) is 0. The molecule has 7 heteroatoms. The first-order valence-electron chi connectivity index (χ1n) is 5.21. The smallest absolute Gasteiger partial charge is 0.207 e. The van der Waals surface area contributed by atoms with Gasteiger partial charge in [0.1, 0.15) is 5.82 Å². The summed E-state index contributed by atoms with van der Waals surface area (Å²) in [5.41, 5.74) is -0.832. The normalized spacial score (nSPS) is 11.8. The van der Waals surface area contributed by atoms with Gasteiger partial charge in [0.25, 0.3) is 0 Å². The molecule has 2 rings (SSSR count). The number of halogens is 7. The lowest BCUT2D eigenvalue weighted by molar-refractivity contribution is -0.137. The van der Waals surface area contributed by atoms with Gasteiger partial charge in [-0.05, 0) is 41.5 Å². The molecule has 0 spiro atoms. The molecule has 20 heavy (non-hydrogen) atoms. The molecular weight excluding hydrogens is 338 g/mol. The van der Waals surface area contributed by atoms with Gasteiger partial charge in [0.05, 0.1) is 20.6 Å². The van der Waals surface area contributed by atoms with Crippen LogP contribution in [0, 0.1) is 5.82 Å². The Balaban J connectivity index is 2.61. The third-order valence-corrected chi connectivity index (χ3v) is 3.74. The van der Waals surface area contributed by atoms with Crippen LogP contribution in [0.5, 0.6) is 0 Å². The lowest BCUT2D eigenvalue weighted by Gasteiger charge is -2.11. The van der Waals surface area contributed by atoms with E-state index < -0.39 is 17.6 Å². The van der Waals surface area contributed by atoms with E-state index in [1.165, 1.54) is 12.1 Å². The Morgan fingerprint density at radius 2 is 1.25 bits per heavy atom. The summed E-state index contributed by atoms with van der Waals surface area (Å²) < 4.78 is 51.3. The minimum atomic E-state index is -4.64. The zero-order valence-electron chi connectivity index (χ0n) is 9.53. The van der Waals surface area contributed by atoms with Gasteiger partial charge in [-0.1, -0.05) is 34.8 Å². The van der Waals surface area contributed by atoms with E-state index in [4.69, 9.17) is 34.8 Å². The summed E-state index contributed by atoms with van der Waals surface area (Å²) in [6, 6.07) is 4.85. The zero-order chi connectivity index (χ0) is 15.1. The molecule has 0 unspecified atom stereocenters. The molecule has 106 valence electrons. The van der Waals surface area contributed by atoms with Crippen molar-refractivity contribution in [2.24, 2.45) is 0 Å². The topological polar surface area (TPSA) is 0 Å². The van der Waals surface area contributed by atoms with Crippen LogP contribution in [0.15, 0.2) is 30.3 Å². The van der Waals surface area contributed by atoms with E-state index in [-0.39, 0.29) is 26.2 Å². The molecule has 0 aliphatic carbocycles. The summed E-state index contributed by atoms with van der Waals surface area (Å²) in [6.07, 6.45) is -4.64. The fourth-order valence-electron chi connectivity index (χ4n) is 1.64. The van der Waals surface area contributed by atoms with Crippen molar-refractivity contribution in [3.63, 3.8) is 0 Å². The van der Waals surface area contributed by atoms with Gasteiger partial charge < -0.3 is 0 Å². The second-order valence-electron chi connectivity index (χ2n) is 3.98. The SMILES string of the molecule is Fc1cc(-c2cc(Cl)c(Cl)c(Cl)c2)cc(C(F)(F)F)c1. The van der Waals surface area contributed by atoms with Crippen LogP contribution < -0.4 is 0 Å². The quantitative estimate of drug-likeness (QED) is 0.411. The van der Waals surface area contributed by atoms with E-state index in [9.17, 15) is 17.6 Å². The van der Waals surface area contributed by atoms with Gasteiger partial charge in [-0.15, -0.1) is 0 Å². The Hall–Kier alpha value is -0.970. The highest BCUT2D eigenvalue weighted by molar-refractivity contribution is 6.48. The van der Waals surface area contributed by atoms with Gasteiger partial charge in [-0.3, -0.25) is 0 Å². The average Bonchev–Trinajstić information content (AvgIpc) is 2.33. The molecule has 2 aromatic rings. The molecule has 0 aliphatic heterocycles. The summed E-state index contributed by atoms with van der Waals surface area (Å²) in [5, 5.41) is 0.239. The van der Waals surface area contributed by atoms with Crippen LogP contribution in [-0.2, 0) is 6.18 Å². The Morgan fingerprint density at radius 3 is 1.75 bits per heavy atom. The third kappa shape index (κ3) is 3.19. The van der Waals surface area contributed by atoms with Crippen LogP contribution in [0.1, 0.15) is 5.56 Å². The van der Waals surface area contributed by atoms with E-state index >= 15 is 0 Å². The maximum Gasteiger partial charge on any atom is 0.416 e. The Labute approximate surface area is 126 Å². The number of benzene rings is 2. The molecule has 0 saturated carbocycles. The van der Waals surface area contributed by atoms with Crippen LogP contribution in [-0.4, -0.2) is 0 Å². The molecule has 0 amide bonds. The van der Waals surface area contributed by atoms with Crippen molar-refractivity contribution in [2.45, 2.75) is 6.18 Å². The van der Waals surface area contributed by atoms with Gasteiger partial charge in [0.15, 0.2) is 0 Å². The van der Waals surface area contributed by atoms with Crippen LogP contribution in [0.4, 0.5) is 17.6 Å². The first-order chi connectivity index (χ1) is 9.18. The van der Waals surface area contributed by atoms with E-state index in [1.807, 2.05) is 0 Å². The van der Waals surface area contributed by atoms with Crippen molar-refractivity contribution in [1.82, 2.24) is 0 Å². The first kappa shape index (κ1) is 15.4. The lowest BCUT2D eigenvalue weighted by Crippen LogP contribution is -2.05. The molecule has 0 N–H and O–H groups in total. The van der Waals surface area contributed by atoms with Crippen molar-refractivity contribution in [2.75, 3.05) is 0 Å². The highest BCUT2D eigenvalue weighted by Gasteiger charge is 2.31. The van der Waals surface area contributed by atoms with Gasteiger partial charge in [0.2, 0.25) is 0 Å². The molecule has 0 atom stereocenters. The minimum Gasteiger partial charge on any atom is -0.207 e.